The molecule has 0 aliphatic rings. The van der Waals surface area contributed by atoms with Crippen molar-refractivity contribution < 1.29 is 0 Å². The van der Waals surface area contributed by atoms with Crippen LogP contribution in [0.25, 0.3) is 0 Å². The normalized spacial score (nSPS) is 10.4. The van der Waals surface area contributed by atoms with E-state index in [-0.39, 0.29) is 11.2 Å². The molecule has 0 saturated carbocycles. The molecule has 4 N–H and O–H groups in total. The number of nitrogens with two attached hydrogens (primary N) is 1. The van der Waals surface area contributed by atoms with Crippen molar-refractivity contribution in [1.29, 1.82) is 0 Å². The number of hydrogen-bond acceptors (Lipinski definition) is 3. The Labute approximate surface area is 112 Å². The van der Waals surface area contributed by atoms with E-state index in [0.29, 0.717) is 6.54 Å². The van der Waals surface area contributed by atoms with E-state index >= 15 is 0 Å². The van der Waals surface area contributed by atoms with Gasteiger partial charge < -0.3 is 16.0 Å². The first-order valence-corrected chi connectivity index (χ1v) is 6.42. The molecule has 4 nitrogen and oxygen atoms in total. The van der Waals surface area contributed by atoms with Crippen molar-refractivity contribution >= 4 is 11.4 Å². The van der Waals surface area contributed by atoms with Crippen LogP contribution in [-0.2, 0) is 13.0 Å². The topological polar surface area (TPSA) is 70.9 Å². The molecule has 19 heavy (non-hydrogen) atoms. The Bertz CT molecular complexity index is 617. The minimum absolute atomic E-state index is 0.231. The van der Waals surface area contributed by atoms with E-state index in [1.165, 1.54) is 0 Å². The van der Waals surface area contributed by atoms with Crippen molar-refractivity contribution in [2.24, 2.45) is 0 Å². The lowest BCUT2D eigenvalue weighted by atomic mass is 10.1. The van der Waals surface area contributed by atoms with Crippen LogP contribution in [0.15, 0.2) is 35.1 Å². The molecule has 2 aromatic rings. The van der Waals surface area contributed by atoms with E-state index in [4.69, 9.17) is 5.73 Å². The van der Waals surface area contributed by atoms with E-state index in [2.05, 4.69) is 10.3 Å². The van der Waals surface area contributed by atoms with Crippen LogP contribution < -0.4 is 16.6 Å². The summed E-state index contributed by atoms with van der Waals surface area (Å²) in [6.07, 6.45) is 0.823. The molecule has 0 bridgehead atoms. The van der Waals surface area contributed by atoms with E-state index in [1.54, 1.807) is 0 Å². The molecule has 4 heteroatoms. The maximum atomic E-state index is 11.7. The number of anilines is 2. The third kappa shape index (κ3) is 2.78. The smallest absolute Gasteiger partial charge is 0.273 e. The number of pyridine rings is 1. The fourth-order valence-electron chi connectivity index (χ4n) is 2.21. The Morgan fingerprint density at radius 1 is 1.26 bits per heavy atom. The number of aromatic amines is 1. The zero-order chi connectivity index (χ0) is 13.8. The van der Waals surface area contributed by atoms with Crippen molar-refractivity contribution in [3.05, 3.63) is 57.5 Å². The van der Waals surface area contributed by atoms with Crippen LogP contribution >= 0.6 is 0 Å². The summed E-state index contributed by atoms with van der Waals surface area (Å²) >= 11 is 0. The fourth-order valence-corrected chi connectivity index (χ4v) is 2.21. The number of aryl methyl sites for hydroxylation is 1. The van der Waals surface area contributed by atoms with Crippen molar-refractivity contribution in [2.75, 3.05) is 11.1 Å². The summed E-state index contributed by atoms with van der Waals surface area (Å²) in [5, 5.41) is 3.29. The van der Waals surface area contributed by atoms with Crippen molar-refractivity contribution in [3.63, 3.8) is 0 Å². The first-order valence-electron chi connectivity index (χ1n) is 6.42. The highest BCUT2D eigenvalue weighted by molar-refractivity contribution is 5.70. The summed E-state index contributed by atoms with van der Waals surface area (Å²) in [5.74, 6) is 0. The Morgan fingerprint density at radius 3 is 2.58 bits per heavy atom. The summed E-state index contributed by atoms with van der Waals surface area (Å²) in [4.78, 5) is 14.5. The van der Waals surface area contributed by atoms with Crippen molar-refractivity contribution in [2.45, 2.75) is 26.8 Å². The average molecular weight is 257 g/mol. The summed E-state index contributed by atoms with van der Waals surface area (Å²) in [7, 11) is 0. The summed E-state index contributed by atoms with van der Waals surface area (Å²) in [6, 6.07) is 10.0. The quantitative estimate of drug-likeness (QED) is 0.787. The first kappa shape index (κ1) is 13.2. The number of rotatable bonds is 4. The highest BCUT2D eigenvalue weighted by atomic mass is 16.1. The molecular weight excluding hydrogens is 238 g/mol. The predicted molar refractivity (Wildman–Crippen MR) is 79.4 cm³/mol. The monoisotopic (exact) mass is 257 g/mol. The van der Waals surface area contributed by atoms with Gasteiger partial charge in [0.1, 0.15) is 5.69 Å². The van der Waals surface area contributed by atoms with Gasteiger partial charge in [0.05, 0.1) is 5.69 Å². The molecule has 1 aromatic carbocycles. The maximum Gasteiger partial charge on any atom is 0.273 e. The van der Waals surface area contributed by atoms with Gasteiger partial charge in [0.25, 0.3) is 5.56 Å². The van der Waals surface area contributed by atoms with Gasteiger partial charge in [0, 0.05) is 12.2 Å². The molecule has 0 spiro atoms. The molecular formula is C15H19N3O. The Balaban J connectivity index is 2.31. The Hall–Kier alpha value is -2.23. The lowest BCUT2D eigenvalue weighted by molar-refractivity contribution is 1.01. The van der Waals surface area contributed by atoms with Gasteiger partial charge in [0.2, 0.25) is 0 Å². The molecule has 2 rings (SSSR count). The molecule has 0 atom stereocenters. The number of H-pyrrole nitrogens is 1. The molecule has 0 aliphatic heterocycles. The molecule has 0 fully saturated rings. The summed E-state index contributed by atoms with van der Waals surface area (Å²) < 4.78 is 0. The van der Waals surface area contributed by atoms with E-state index in [9.17, 15) is 4.79 Å². The van der Waals surface area contributed by atoms with Gasteiger partial charge in [-0.1, -0.05) is 37.3 Å². The minimum atomic E-state index is -0.231. The molecule has 1 aromatic heterocycles. The molecule has 0 aliphatic carbocycles. The van der Waals surface area contributed by atoms with E-state index < -0.39 is 0 Å². The van der Waals surface area contributed by atoms with Crippen molar-refractivity contribution in [3.8, 4) is 0 Å². The summed E-state index contributed by atoms with van der Waals surface area (Å²) in [5.41, 5.74) is 9.76. The van der Waals surface area contributed by atoms with Crippen LogP contribution in [0, 0.1) is 6.92 Å². The highest BCUT2D eigenvalue weighted by Crippen LogP contribution is 2.23. The zero-order valence-corrected chi connectivity index (χ0v) is 11.3. The summed E-state index contributed by atoms with van der Waals surface area (Å²) in [6.45, 7) is 4.60. The Kier molecular flexibility index (Phi) is 3.90. The van der Waals surface area contributed by atoms with Gasteiger partial charge in [-0.2, -0.15) is 0 Å². The van der Waals surface area contributed by atoms with Gasteiger partial charge >= 0.3 is 0 Å². The molecule has 100 valence electrons. The second-order valence-electron chi connectivity index (χ2n) is 4.54. The van der Waals surface area contributed by atoms with Gasteiger partial charge in [-0.05, 0) is 24.5 Å². The zero-order valence-electron chi connectivity index (χ0n) is 11.3. The number of nitrogens with one attached hydrogen (secondary N) is 2. The third-order valence-electron chi connectivity index (χ3n) is 3.24. The Morgan fingerprint density at radius 2 is 1.95 bits per heavy atom. The van der Waals surface area contributed by atoms with Crippen LogP contribution in [-0.4, -0.2) is 4.98 Å². The second kappa shape index (κ2) is 5.61. The SMILES string of the molecule is CCc1c(C)[nH]c(=O)c(N)c1NCc1ccccc1. The maximum absolute atomic E-state index is 11.7. The molecule has 1 heterocycles. The van der Waals surface area contributed by atoms with Crippen LogP contribution in [0.5, 0.6) is 0 Å². The lowest BCUT2D eigenvalue weighted by Crippen LogP contribution is -2.19. The lowest BCUT2D eigenvalue weighted by Gasteiger charge is -2.15. The second-order valence-corrected chi connectivity index (χ2v) is 4.54. The molecule has 0 unspecified atom stereocenters. The first-order chi connectivity index (χ1) is 9.13. The van der Waals surface area contributed by atoms with Crippen LogP contribution in [0.3, 0.4) is 0 Å². The van der Waals surface area contributed by atoms with Gasteiger partial charge in [-0.25, -0.2) is 0 Å². The van der Waals surface area contributed by atoms with Gasteiger partial charge in [-0.15, -0.1) is 0 Å². The largest absolute Gasteiger partial charge is 0.393 e. The van der Waals surface area contributed by atoms with Gasteiger partial charge in [-0.3, -0.25) is 4.79 Å². The minimum Gasteiger partial charge on any atom is -0.393 e. The molecule has 0 amide bonds. The van der Waals surface area contributed by atoms with E-state index in [1.807, 2.05) is 44.2 Å². The number of hydrogen-bond donors (Lipinski definition) is 3. The van der Waals surface area contributed by atoms with E-state index in [0.717, 1.165) is 28.9 Å². The van der Waals surface area contributed by atoms with Gasteiger partial charge in [0.15, 0.2) is 0 Å². The molecule has 0 radical (unpaired) electrons. The predicted octanol–water partition coefficient (Wildman–Crippen LogP) is 2.44. The number of benzene rings is 1. The van der Waals surface area contributed by atoms with Crippen LogP contribution in [0.1, 0.15) is 23.7 Å². The van der Waals surface area contributed by atoms with Crippen LogP contribution in [0.4, 0.5) is 11.4 Å². The standard InChI is InChI=1S/C15H19N3O/c1-3-12-10(2)18-15(19)13(16)14(12)17-9-11-7-5-4-6-8-11/h4-8H,3,9,16H2,1-2H3,(H2,17,18,19). The van der Waals surface area contributed by atoms with Crippen molar-refractivity contribution in [1.82, 2.24) is 4.98 Å². The fraction of sp³-hybridized carbons (Fsp3) is 0.267. The van der Waals surface area contributed by atoms with Crippen LogP contribution in [0.2, 0.25) is 0 Å². The third-order valence-corrected chi connectivity index (χ3v) is 3.24. The average Bonchev–Trinajstić information content (AvgIpc) is 2.42. The molecule has 0 saturated heterocycles. The highest BCUT2D eigenvalue weighted by Gasteiger charge is 2.11. The number of nitrogen functional groups attached to an aromatic ring is 1. The number of aromatic nitrogens is 1.